The third-order valence-corrected chi connectivity index (χ3v) is 3.26. The number of anilines is 2. The molecule has 4 nitrogen and oxygen atoms in total. The van der Waals surface area contributed by atoms with Crippen molar-refractivity contribution in [3.8, 4) is 0 Å². The fraction of sp³-hybridized carbons (Fsp3) is 0.250. The summed E-state index contributed by atoms with van der Waals surface area (Å²) in [5, 5.41) is 1.15. The fourth-order valence-electron chi connectivity index (χ4n) is 2.32. The van der Waals surface area contributed by atoms with Crippen LogP contribution in [0.2, 0.25) is 0 Å². The quantitative estimate of drug-likeness (QED) is 0.719. The normalized spacial score (nSPS) is 19.3. The van der Waals surface area contributed by atoms with Crippen molar-refractivity contribution in [1.29, 1.82) is 0 Å². The van der Waals surface area contributed by atoms with Gasteiger partial charge in [-0.3, -0.25) is 10.7 Å². The van der Waals surface area contributed by atoms with Gasteiger partial charge in [0.05, 0.1) is 16.9 Å². The minimum atomic E-state index is -0.0965. The molecule has 0 saturated heterocycles. The van der Waals surface area contributed by atoms with Gasteiger partial charge in [-0.05, 0) is 24.3 Å². The second-order valence-electron chi connectivity index (χ2n) is 4.14. The number of aromatic nitrogens is 1. The minimum absolute atomic E-state index is 0.0965. The van der Waals surface area contributed by atoms with Crippen LogP contribution in [0.3, 0.4) is 0 Å². The lowest BCUT2D eigenvalue weighted by molar-refractivity contribution is 0.679. The number of nitrogens with zero attached hydrogens (tertiary/aromatic N) is 3. The van der Waals surface area contributed by atoms with E-state index >= 15 is 0 Å². The Hall–Kier alpha value is -1.81. The number of rotatable bonds is 0. The maximum atomic E-state index is 6.09. The van der Waals surface area contributed by atoms with Crippen LogP contribution in [0.1, 0.15) is 0 Å². The molecule has 0 amide bonds. The molecule has 0 aliphatic carbocycles. The number of hydrogen-bond donors (Lipinski definition) is 1. The minimum Gasteiger partial charge on any atom is -0.340 e. The first kappa shape index (κ1) is 9.42. The van der Waals surface area contributed by atoms with E-state index in [2.05, 4.69) is 26.9 Å². The first-order valence-corrected chi connectivity index (χ1v) is 5.29. The fourth-order valence-corrected chi connectivity index (χ4v) is 2.32. The van der Waals surface area contributed by atoms with Crippen molar-refractivity contribution in [2.24, 2.45) is 5.73 Å². The molecule has 82 valence electrons. The highest BCUT2D eigenvalue weighted by molar-refractivity contribution is 6.01. The van der Waals surface area contributed by atoms with Crippen molar-refractivity contribution in [2.75, 3.05) is 23.9 Å². The molecule has 2 N–H and O–H groups in total. The average Bonchev–Trinajstić information content (AvgIpc) is 2.55. The molecule has 1 atom stereocenters. The third-order valence-electron chi connectivity index (χ3n) is 3.26. The van der Waals surface area contributed by atoms with Gasteiger partial charge in [0.15, 0.2) is 6.29 Å². The van der Waals surface area contributed by atoms with E-state index in [9.17, 15) is 0 Å². The Balaban J connectivity index is 2.36. The lowest BCUT2D eigenvalue weighted by Gasteiger charge is -2.23. The first-order chi connectivity index (χ1) is 7.70. The maximum Gasteiger partial charge on any atom is 0.155 e. The molecule has 1 aromatic heterocycles. The van der Waals surface area contributed by atoms with Gasteiger partial charge < -0.3 is 9.80 Å². The topological polar surface area (TPSA) is 45.4 Å². The van der Waals surface area contributed by atoms with Crippen LogP contribution in [0.4, 0.5) is 11.4 Å². The molecule has 0 radical (unpaired) electrons. The number of nitrogens with two attached hydrogens (primary N) is 1. The van der Waals surface area contributed by atoms with Crippen molar-refractivity contribution < 1.29 is 0 Å². The Kier molecular flexibility index (Phi) is 1.82. The molecule has 0 fully saturated rings. The highest BCUT2D eigenvalue weighted by Gasteiger charge is 2.29. The average molecular weight is 214 g/mol. The molecule has 0 bridgehead atoms. The van der Waals surface area contributed by atoms with Crippen LogP contribution in [0, 0.1) is 0 Å². The Labute approximate surface area is 94.3 Å². The van der Waals surface area contributed by atoms with E-state index in [1.54, 1.807) is 0 Å². The van der Waals surface area contributed by atoms with Crippen LogP contribution in [0.5, 0.6) is 0 Å². The highest BCUT2D eigenvalue weighted by Crippen LogP contribution is 2.40. The number of fused-ring (bicyclic) bond motifs is 3. The van der Waals surface area contributed by atoms with Crippen LogP contribution in [0.15, 0.2) is 30.5 Å². The zero-order chi connectivity index (χ0) is 11.3. The summed E-state index contributed by atoms with van der Waals surface area (Å²) < 4.78 is 0. The van der Waals surface area contributed by atoms with Crippen molar-refractivity contribution in [2.45, 2.75) is 6.29 Å². The summed E-state index contributed by atoms with van der Waals surface area (Å²) in [5.74, 6) is 0. The van der Waals surface area contributed by atoms with Crippen molar-refractivity contribution in [3.63, 3.8) is 0 Å². The van der Waals surface area contributed by atoms with E-state index in [-0.39, 0.29) is 6.29 Å². The molecule has 1 aromatic carbocycles. The smallest absolute Gasteiger partial charge is 0.155 e. The van der Waals surface area contributed by atoms with Crippen LogP contribution < -0.4 is 15.5 Å². The van der Waals surface area contributed by atoms with Gasteiger partial charge in [-0.2, -0.15) is 0 Å². The second kappa shape index (κ2) is 3.09. The van der Waals surface area contributed by atoms with Gasteiger partial charge >= 0.3 is 0 Å². The summed E-state index contributed by atoms with van der Waals surface area (Å²) in [6.45, 7) is 0. The Morgan fingerprint density at radius 1 is 1.19 bits per heavy atom. The predicted octanol–water partition coefficient (Wildman–Crippen LogP) is 1.36. The monoisotopic (exact) mass is 214 g/mol. The summed E-state index contributed by atoms with van der Waals surface area (Å²) >= 11 is 0. The third kappa shape index (κ3) is 1.05. The van der Waals surface area contributed by atoms with Gasteiger partial charge in [0, 0.05) is 25.7 Å². The summed E-state index contributed by atoms with van der Waals surface area (Å²) in [5.41, 5.74) is 9.43. The summed E-state index contributed by atoms with van der Waals surface area (Å²) in [4.78, 5) is 8.51. The van der Waals surface area contributed by atoms with E-state index in [1.807, 2.05) is 32.4 Å². The van der Waals surface area contributed by atoms with Crippen LogP contribution in [-0.2, 0) is 0 Å². The number of hydrogen-bond acceptors (Lipinski definition) is 4. The van der Waals surface area contributed by atoms with Crippen molar-refractivity contribution in [3.05, 3.63) is 30.5 Å². The molecule has 1 aliphatic rings. The largest absolute Gasteiger partial charge is 0.340 e. The van der Waals surface area contributed by atoms with Crippen LogP contribution in [-0.4, -0.2) is 25.4 Å². The SMILES string of the molecule is CN1c2ccc3ncccc3c2N(C)C1N. The van der Waals surface area contributed by atoms with Gasteiger partial charge in [-0.1, -0.05) is 0 Å². The predicted molar refractivity (Wildman–Crippen MR) is 66.5 cm³/mol. The summed E-state index contributed by atoms with van der Waals surface area (Å²) in [6, 6.07) is 8.16. The van der Waals surface area contributed by atoms with E-state index in [0.717, 1.165) is 16.6 Å². The summed E-state index contributed by atoms with van der Waals surface area (Å²) in [6.07, 6.45) is 1.72. The van der Waals surface area contributed by atoms with Gasteiger partial charge in [-0.25, -0.2) is 0 Å². The molecule has 3 rings (SSSR count). The van der Waals surface area contributed by atoms with Gasteiger partial charge in [0.25, 0.3) is 0 Å². The zero-order valence-corrected chi connectivity index (χ0v) is 9.38. The lowest BCUT2D eigenvalue weighted by Crippen LogP contribution is -2.46. The van der Waals surface area contributed by atoms with E-state index in [4.69, 9.17) is 5.73 Å². The van der Waals surface area contributed by atoms with Gasteiger partial charge in [0.1, 0.15) is 0 Å². The Morgan fingerprint density at radius 3 is 2.81 bits per heavy atom. The Bertz CT molecular complexity index is 552. The molecule has 1 unspecified atom stereocenters. The molecular weight excluding hydrogens is 200 g/mol. The molecule has 4 heteroatoms. The van der Waals surface area contributed by atoms with E-state index in [1.165, 1.54) is 5.69 Å². The summed E-state index contributed by atoms with van der Waals surface area (Å²) in [7, 11) is 4.02. The highest BCUT2D eigenvalue weighted by atomic mass is 15.4. The van der Waals surface area contributed by atoms with E-state index in [0.29, 0.717) is 0 Å². The molecule has 16 heavy (non-hydrogen) atoms. The van der Waals surface area contributed by atoms with Gasteiger partial charge in [-0.15, -0.1) is 0 Å². The van der Waals surface area contributed by atoms with E-state index < -0.39 is 0 Å². The van der Waals surface area contributed by atoms with Crippen molar-refractivity contribution in [1.82, 2.24) is 4.98 Å². The number of benzene rings is 1. The van der Waals surface area contributed by atoms with Crippen LogP contribution >= 0.6 is 0 Å². The van der Waals surface area contributed by atoms with Gasteiger partial charge in [0.2, 0.25) is 0 Å². The molecule has 2 heterocycles. The zero-order valence-electron chi connectivity index (χ0n) is 9.38. The van der Waals surface area contributed by atoms with Crippen molar-refractivity contribution >= 4 is 22.3 Å². The Morgan fingerprint density at radius 2 is 2.00 bits per heavy atom. The standard InChI is InChI=1S/C12H14N4/c1-15-10-6-5-9-8(4-3-7-14-9)11(10)16(2)12(15)13/h3-7,12H,13H2,1-2H3. The second-order valence-corrected chi connectivity index (χ2v) is 4.14. The van der Waals surface area contributed by atoms with Crippen LogP contribution in [0.25, 0.3) is 10.9 Å². The molecular formula is C12H14N4. The molecule has 0 spiro atoms. The molecule has 1 aliphatic heterocycles. The molecule has 0 saturated carbocycles. The number of pyridine rings is 1. The maximum absolute atomic E-state index is 6.09. The first-order valence-electron chi connectivity index (χ1n) is 5.29. The molecule has 2 aromatic rings. The lowest BCUT2D eigenvalue weighted by atomic mass is 10.1.